The quantitative estimate of drug-likeness (QED) is 0.240. The highest BCUT2D eigenvalue weighted by Gasteiger charge is 2.13. The van der Waals surface area contributed by atoms with Crippen molar-refractivity contribution in [1.82, 2.24) is 15.8 Å². The van der Waals surface area contributed by atoms with Crippen LogP contribution in [0.2, 0.25) is 0 Å². The Balaban J connectivity index is 0.00000364. The largest absolute Gasteiger partial charge is 0.492 e. The predicted octanol–water partition coefficient (Wildman–Crippen LogP) is 4.25. The van der Waals surface area contributed by atoms with Crippen molar-refractivity contribution >= 4 is 29.9 Å². The van der Waals surface area contributed by atoms with Gasteiger partial charge in [-0.05, 0) is 31.9 Å². The van der Waals surface area contributed by atoms with Crippen molar-refractivity contribution in [3.63, 3.8) is 0 Å². The van der Waals surface area contributed by atoms with Crippen molar-refractivity contribution in [3.8, 4) is 5.75 Å². The molecule has 0 fully saturated rings. The molecule has 0 aliphatic heterocycles. The van der Waals surface area contributed by atoms with E-state index >= 15 is 0 Å². The van der Waals surface area contributed by atoms with E-state index in [1.54, 1.807) is 7.05 Å². The van der Waals surface area contributed by atoms with Gasteiger partial charge in [0.25, 0.3) is 0 Å². The molecule has 2 N–H and O–H groups in total. The third-order valence-electron chi connectivity index (χ3n) is 4.32. The lowest BCUT2D eigenvalue weighted by Gasteiger charge is -2.11. The van der Waals surface area contributed by atoms with Gasteiger partial charge in [0.1, 0.15) is 12.4 Å². The molecule has 1 aromatic carbocycles. The third kappa shape index (κ3) is 7.78. The number of rotatable bonds is 9. The van der Waals surface area contributed by atoms with Crippen molar-refractivity contribution in [2.45, 2.75) is 46.1 Å². The Morgan fingerprint density at radius 1 is 1.19 bits per heavy atom. The molecule has 0 saturated carbocycles. The highest BCUT2D eigenvalue weighted by atomic mass is 127. The summed E-state index contributed by atoms with van der Waals surface area (Å²) >= 11 is 0. The Bertz CT molecular complexity index is 682. The zero-order valence-corrected chi connectivity index (χ0v) is 18.9. The number of hydrogen-bond donors (Lipinski definition) is 2. The van der Waals surface area contributed by atoms with Crippen molar-refractivity contribution in [2.75, 3.05) is 20.2 Å². The van der Waals surface area contributed by atoms with E-state index in [-0.39, 0.29) is 24.0 Å². The van der Waals surface area contributed by atoms with Crippen LogP contribution in [0.3, 0.4) is 0 Å². The van der Waals surface area contributed by atoms with Crippen molar-refractivity contribution in [2.24, 2.45) is 4.99 Å². The number of ether oxygens (including phenoxy) is 1. The number of guanidine groups is 1. The molecule has 2 rings (SSSR count). The number of aliphatic imine (C=N–C) groups is 1. The molecule has 6 nitrogen and oxygen atoms in total. The van der Waals surface area contributed by atoms with E-state index in [0.29, 0.717) is 31.6 Å². The monoisotopic (exact) mass is 486 g/mol. The van der Waals surface area contributed by atoms with E-state index in [0.717, 1.165) is 30.0 Å². The lowest BCUT2D eigenvalue weighted by molar-refractivity contribution is 0.321. The van der Waals surface area contributed by atoms with Crippen LogP contribution in [-0.2, 0) is 6.54 Å². The van der Waals surface area contributed by atoms with Crippen molar-refractivity contribution in [3.05, 3.63) is 47.3 Å². The molecule has 0 bridgehead atoms. The molecule has 1 aromatic heterocycles. The number of aromatic nitrogens is 1. The number of nitrogens with zero attached hydrogens (tertiary/aromatic N) is 2. The highest BCUT2D eigenvalue weighted by molar-refractivity contribution is 14.0. The summed E-state index contributed by atoms with van der Waals surface area (Å²) in [5.74, 6) is 2.85. The summed E-state index contributed by atoms with van der Waals surface area (Å²) in [4.78, 5) is 4.21. The fourth-order valence-corrected chi connectivity index (χ4v) is 2.68. The molecular weight excluding hydrogens is 455 g/mol. The SMILES string of the molecule is CCC(CC)c1cc(CNC(=NC)NCCOc2ccc(C)cc2)on1.I. The number of aryl methyl sites for hydroxylation is 1. The standard InChI is InChI=1S/C20H30N4O2.HI/c1-5-16(6-2)19-13-18(26-24-19)14-23-20(21-4)22-11-12-25-17-9-7-15(3)8-10-17;/h7-10,13,16H,5-6,11-12,14H2,1-4H3,(H2,21,22,23);1H. The van der Waals surface area contributed by atoms with E-state index in [1.165, 1.54) is 5.56 Å². The van der Waals surface area contributed by atoms with Gasteiger partial charge in [0.15, 0.2) is 11.7 Å². The van der Waals surface area contributed by atoms with Crippen LogP contribution in [-0.4, -0.2) is 31.3 Å². The Morgan fingerprint density at radius 2 is 1.89 bits per heavy atom. The topological polar surface area (TPSA) is 71.7 Å². The minimum atomic E-state index is 0. The summed E-state index contributed by atoms with van der Waals surface area (Å²) in [6, 6.07) is 10.1. The number of hydrogen-bond acceptors (Lipinski definition) is 4. The zero-order valence-electron chi connectivity index (χ0n) is 16.6. The number of halogens is 1. The highest BCUT2D eigenvalue weighted by Crippen LogP contribution is 2.22. The molecular formula is C20H31IN4O2. The molecule has 27 heavy (non-hydrogen) atoms. The van der Waals surface area contributed by atoms with Crippen molar-refractivity contribution < 1.29 is 9.26 Å². The Morgan fingerprint density at radius 3 is 2.52 bits per heavy atom. The predicted molar refractivity (Wildman–Crippen MR) is 120 cm³/mol. The van der Waals surface area contributed by atoms with Crippen LogP contribution in [0, 0.1) is 6.92 Å². The van der Waals surface area contributed by atoms with Gasteiger partial charge < -0.3 is 19.9 Å². The Hall–Kier alpha value is -1.77. The van der Waals surface area contributed by atoms with Crippen LogP contribution in [0.15, 0.2) is 39.8 Å². The number of nitrogens with one attached hydrogen (secondary N) is 2. The first-order valence-electron chi connectivity index (χ1n) is 9.25. The summed E-state index contributed by atoms with van der Waals surface area (Å²) in [6.45, 7) is 8.17. The summed E-state index contributed by atoms with van der Waals surface area (Å²) in [5, 5.41) is 10.6. The van der Waals surface area contributed by atoms with Crippen LogP contribution in [0.4, 0.5) is 0 Å². The summed E-state index contributed by atoms with van der Waals surface area (Å²) < 4.78 is 11.1. The first-order valence-corrected chi connectivity index (χ1v) is 9.25. The maximum absolute atomic E-state index is 5.70. The molecule has 0 amide bonds. The van der Waals surface area contributed by atoms with Crippen LogP contribution < -0.4 is 15.4 Å². The summed E-state index contributed by atoms with van der Waals surface area (Å²) in [6.07, 6.45) is 2.14. The Labute approximate surface area is 179 Å². The van der Waals surface area contributed by atoms with Crippen molar-refractivity contribution in [1.29, 1.82) is 0 Å². The lowest BCUT2D eigenvalue weighted by atomic mass is 9.99. The Kier molecular flexibility index (Phi) is 10.8. The van der Waals surface area contributed by atoms with Gasteiger partial charge in [-0.2, -0.15) is 0 Å². The van der Waals surface area contributed by atoms with Gasteiger partial charge in [0, 0.05) is 19.0 Å². The van der Waals surface area contributed by atoms with Crippen LogP contribution in [0.1, 0.15) is 49.6 Å². The minimum absolute atomic E-state index is 0. The minimum Gasteiger partial charge on any atom is -0.492 e. The smallest absolute Gasteiger partial charge is 0.191 e. The molecule has 150 valence electrons. The van der Waals surface area contributed by atoms with E-state index in [1.807, 2.05) is 30.3 Å². The van der Waals surface area contributed by atoms with Gasteiger partial charge in [0.05, 0.1) is 18.8 Å². The van der Waals surface area contributed by atoms with Crippen LogP contribution in [0.5, 0.6) is 5.75 Å². The second-order valence-corrected chi connectivity index (χ2v) is 6.25. The van der Waals surface area contributed by atoms with Gasteiger partial charge in [-0.15, -0.1) is 24.0 Å². The molecule has 0 aliphatic carbocycles. The average molecular weight is 486 g/mol. The van der Waals surface area contributed by atoms with Gasteiger partial charge in [-0.25, -0.2) is 0 Å². The van der Waals surface area contributed by atoms with Gasteiger partial charge in [0.2, 0.25) is 0 Å². The first-order chi connectivity index (χ1) is 12.7. The normalized spacial score (nSPS) is 11.2. The lowest BCUT2D eigenvalue weighted by Crippen LogP contribution is -2.38. The molecule has 0 unspecified atom stereocenters. The average Bonchev–Trinajstić information content (AvgIpc) is 3.12. The number of benzene rings is 1. The maximum Gasteiger partial charge on any atom is 0.191 e. The summed E-state index contributed by atoms with van der Waals surface area (Å²) in [7, 11) is 1.74. The first kappa shape index (κ1) is 23.3. The fourth-order valence-electron chi connectivity index (χ4n) is 2.68. The molecule has 2 aromatic rings. The molecule has 0 atom stereocenters. The van der Waals surface area contributed by atoms with E-state index < -0.39 is 0 Å². The molecule has 0 radical (unpaired) electrons. The summed E-state index contributed by atoms with van der Waals surface area (Å²) in [5.41, 5.74) is 2.25. The van der Waals surface area contributed by atoms with E-state index in [2.05, 4.69) is 41.6 Å². The molecule has 0 saturated heterocycles. The van der Waals surface area contributed by atoms with E-state index in [9.17, 15) is 0 Å². The zero-order chi connectivity index (χ0) is 18.8. The van der Waals surface area contributed by atoms with Gasteiger partial charge in [-0.1, -0.05) is 36.7 Å². The van der Waals surface area contributed by atoms with Crippen LogP contribution >= 0.6 is 24.0 Å². The second-order valence-electron chi connectivity index (χ2n) is 6.25. The van der Waals surface area contributed by atoms with Gasteiger partial charge >= 0.3 is 0 Å². The molecule has 1 heterocycles. The van der Waals surface area contributed by atoms with E-state index in [4.69, 9.17) is 9.26 Å². The second kappa shape index (κ2) is 12.6. The molecule has 0 aliphatic rings. The van der Waals surface area contributed by atoms with Gasteiger partial charge in [-0.3, -0.25) is 4.99 Å². The molecule has 0 spiro atoms. The van der Waals surface area contributed by atoms with Crippen LogP contribution in [0.25, 0.3) is 0 Å². The fraction of sp³-hybridized carbons (Fsp3) is 0.500. The maximum atomic E-state index is 5.70. The molecule has 7 heteroatoms. The third-order valence-corrected chi connectivity index (χ3v) is 4.32.